The number of hydrogen-bond acceptors (Lipinski definition) is 3. The van der Waals surface area contributed by atoms with E-state index in [1.54, 1.807) is 6.92 Å². The minimum Gasteiger partial charge on any atom is -0.494 e. The van der Waals surface area contributed by atoms with Gasteiger partial charge in [0.1, 0.15) is 0 Å². The normalized spacial score (nSPS) is 11.9. The van der Waals surface area contributed by atoms with Gasteiger partial charge in [0.15, 0.2) is 11.6 Å². The first-order valence-electron chi connectivity index (χ1n) is 4.84. The van der Waals surface area contributed by atoms with Crippen molar-refractivity contribution in [2.75, 3.05) is 12.4 Å². The second-order valence-electron chi connectivity index (χ2n) is 3.49. The topological polar surface area (TPSA) is 58.6 Å². The van der Waals surface area contributed by atoms with Crippen molar-refractivity contribution >= 4 is 11.7 Å². The lowest BCUT2D eigenvalue weighted by Gasteiger charge is -2.13. The van der Waals surface area contributed by atoms with E-state index in [4.69, 9.17) is 9.84 Å². The third-order valence-corrected chi connectivity index (χ3v) is 2.04. The van der Waals surface area contributed by atoms with E-state index >= 15 is 0 Å². The average Bonchev–Trinajstić information content (AvgIpc) is 2.19. The van der Waals surface area contributed by atoms with Crippen LogP contribution in [0, 0.1) is 5.82 Å². The molecule has 0 radical (unpaired) electrons. The van der Waals surface area contributed by atoms with E-state index < -0.39 is 11.8 Å². The van der Waals surface area contributed by atoms with E-state index in [0.29, 0.717) is 5.69 Å². The summed E-state index contributed by atoms with van der Waals surface area (Å²) in [6.45, 7) is 1.74. The van der Waals surface area contributed by atoms with Crippen molar-refractivity contribution in [2.45, 2.75) is 19.4 Å². The molecule has 0 saturated heterocycles. The third-order valence-electron chi connectivity index (χ3n) is 2.04. The second kappa shape index (κ2) is 5.34. The second-order valence-corrected chi connectivity index (χ2v) is 3.49. The fourth-order valence-corrected chi connectivity index (χ4v) is 1.35. The van der Waals surface area contributed by atoms with E-state index in [9.17, 15) is 9.18 Å². The minimum absolute atomic E-state index is 0.000306. The van der Waals surface area contributed by atoms with Gasteiger partial charge in [0.2, 0.25) is 0 Å². The first kappa shape index (κ1) is 12.3. The molecule has 5 heteroatoms. The fraction of sp³-hybridized carbons (Fsp3) is 0.364. The Morgan fingerprint density at radius 3 is 2.88 bits per heavy atom. The SMILES string of the molecule is COc1cc(NC(C)CC(=O)O)ccc1F. The first-order valence-corrected chi connectivity index (χ1v) is 4.84. The smallest absolute Gasteiger partial charge is 0.305 e. The Balaban J connectivity index is 2.70. The molecule has 0 heterocycles. The summed E-state index contributed by atoms with van der Waals surface area (Å²) in [5, 5.41) is 11.5. The molecule has 0 fully saturated rings. The molecule has 1 rings (SSSR count). The summed E-state index contributed by atoms with van der Waals surface area (Å²) in [5.74, 6) is -1.19. The predicted molar refractivity (Wildman–Crippen MR) is 58.3 cm³/mol. The summed E-state index contributed by atoms with van der Waals surface area (Å²) in [6, 6.07) is 4.08. The molecular formula is C11H14FNO3. The van der Waals surface area contributed by atoms with Crippen molar-refractivity contribution in [1.29, 1.82) is 0 Å². The van der Waals surface area contributed by atoms with E-state index in [0.717, 1.165) is 0 Å². The van der Waals surface area contributed by atoms with Crippen LogP contribution in [-0.4, -0.2) is 24.2 Å². The van der Waals surface area contributed by atoms with Crippen molar-refractivity contribution in [3.8, 4) is 5.75 Å². The molecule has 0 aliphatic heterocycles. The van der Waals surface area contributed by atoms with Crippen molar-refractivity contribution in [1.82, 2.24) is 0 Å². The molecule has 16 heavy (non-hydrogen) atoms. The number of rotatable bonds is 5. The number of methoxy groups -OCH3 is 1. The number of nitrogens with one attached hydrogen (secondary N) is 1. The van der Waals surface area contributed by atoms with Crippen molar-refractivity contribution in [3.63, 3.8) is 0 Å². The van der Waals surface area contributed by atoms with E-state index in [2.05, 4.69) is 5.32 Å². The summed E-state index contributed by atoms with van der Waals surface area (Å²) < 4.78 is 17.9. The molecule has 2 N–H and O–H groups in total. The van der Waals surface area contributed by atoms with Gasteiger partial charge in [0.25, 0.3) is 0 Å². The number of carbonyl (C=O) groups is 1. The van der Waals surface area contributed by atoms with Crippen LogP contribution >= 0.6 is 0 Å². The Morgan fingerprint density at radius 2 is 2.31 bits per heavy atom. The van der Waals surface area contributed by atoms with Gasteiger partial charge in [-0.3, -0.25) is 4.79 Å². The van der Waals surface area contributed by atoms with Gasteiger partial charge in [-0.05, 0) is 19.1 Å². The summed E-state index contributed by atoms with van der Waals surface area (Å²) in [4.78, 5) is 10.5. The highest BCUT2D eigenvalue weighted by Gasteiger charge is 2.09. The van der Waals surface area contributed by atoms with Gasteiger partial charge in [-0.2, -0.15) is 0 Å². The number of benzene rings is 1. The van der Waals surface area contributed by atoms with Crippen molar-refractivity contribution in [3.05, 3.63) is 24.0 Å². The minimum atomic E-state index is -0.880. The molecule has 0 bridgehead atoms. The van der Waals surface area contributed by atoms with Crippen LogP contribution in [-0.2, 0) is 4.79 Å². The van der Waals surface area contributed by atoms with Gasteiger partial charge in [0, 0.05) is 17.8 Å². The molecule has 0 aliphatic rings. The van der Waals surface area contributed by atoms with Crippen molar-refractivity contribution < 1.29 is 19.0 Å². The molecule has 0 aromatic heterocycles. The van der Waals surface area contributed by atoms with E-state index in [1.807, 2.05) is 0 Å². The number of carboxylic acid groups (broad SMARTS) is 1. The van der Waals surface area contributed by atoms with Crippen LogP contribution in [0.1, 0.15) is 13.3 Å². The Bertz CT molecular complexity index is 381. The molecule has 88 valence electrons. The summed E-state index contributed by atoms with van der Waals surface area (Å²) in [5.41, 5.74) is 0.631. The quantitative estimate of drug-likeness (QED) is 0.808. The van der Waals surface area contributed by atoms with Gasteiger partial charge in [-0.25, -0.2) is 4.39 Å². The molecule has 1 unspecified atom stereocenters. The van der Waals surface area contributed by atoms with Crippen LogP contribution in [0.15, 0.2) is 18.2 Å². The highest BCUT2D eigenvalue weighted by molar-refractivity contribution is 5.68. The molecule has 1 aromatic carbocycles. The Hall–Kier alpha value is -1.78. The summed E-state index contributed by atoms with van der Waals surface area (Å²) in [7, 11) is 1.38. The molecule has 0 aliphatic carbocycles. The zero-order valence-corrected chi connectivity index (χ0v) is 9.16. The maximum absolute atomic E-state index is 13.1. The summed E-state index contributed by atoms with van der Waals surface area (Å²) in [6.07, 6.45) is -0.000306. The lowest BCUT2D eigenvalue weighted by atomic mass is 10.2. The van der Waals surface area contributed by atoms with Crippen LogP contribution < -0.4 is 10.1 Å². The highest BCUT2D eigenvalue weighted by Crippen LogP contribution is 2.22. The van der Waals surface area contributed by atoms with Crippen LogP contribution in [0.25, 0.3) is 0 Å². The number of ether oxygens (including phenoxy) is 1. The van der Waals surface area contributed by atoms with Crippen LogP contribution in [0.2, 0.25) is 0 Å². The van der Waals surface area contributed by atoms with Crippen LogP contribution in [0.5, 0.6) is 5.75 Å². The van der Waals surface area contributed by atoms with Gasteiger partial charge >= 0.3 is 5.97 Å². The molecule has 1 atom stereocenters. The first-order chi connectivity index (χ1) is 7.52. The Labute approximate surface area is 93.0 Å². The molecule has 0 saturated carbocycles. The van der Waals surface area contributed by atoms with Crippen molar-refractivity contribution in [2.24, 2.45) is 0 Å². The fourth-order valence-electron chi connectivity index (χ4n) is 1.35. The predicted octanol–water partition coefficient (Wildman–Crippen LogP) is 2.11. The lowest BCUT2D eigenvalue weighted by Crippen LogP contribution is -2.19. The zero-order chi connectivity index (χ0) is 12.1. The lowest BCUT2D eigenvalue weighted by molar-refractivity contribution is -0.137. The maximum Gasteiger partial charge on any atom is 0.305 e. The van der Waals surface area contributed by atoms with E-state index in [-0.39, 0.29) is 18.2 Å². The van der Waals surface area contributed by atoms with Gasteiger partial charge in [-0.1, -0.05) is 0 Å². The zero-order valence-electron chi connectivity index (χ0n) is 9.16. The maximum atomic E-state index is 13.1. The molecule has 4 nitrogen and oxygen atoms in total. The van der Waals surface area contributed by atoms with Crippen LogP contribution in [0.4, 0.5) is 10.1 Å². The molecule has 0 spiro atoms. The highest BCUT2D eigenvalue weighted by atomic mass is 19.1. The van der Waals surface area contributed by atoms with Gasteiger partial charge < -0.3 is 15.2 Å². The number of anilines is 1. The molecular weight excluding hydrogens is 213 g/mol. The average molecular weight is 227 g/mol. The Kier molecular flexibility index (Phi) is 4.10. The standard InChI is InChI=1S/C11H14FNO3/c1-7(5-11(14)15)13-8-3-4-9(12)10(6-8)16-2/h3-4,6-7,13H,5H2,1-2H3,(H,14,15). The summed E-state index contributed by atoms with van der Waals surface area (Å²) >= 11 is 0. The van der Waals surface area contributed by atoms with Gasteiger partial charge in [0.05, 0.1) is 13.5 Å². The monoisotopic (exact) mass is 227 g/mol. The van der Waals surface area contributed by atoms with Crippen LogP contribution in [0.3, 0.4) is 0 Å². The molecule has 1 aromatic rings. The largest absolute Gasteiger partial charge is 0.494 e. The number of aliphatic carboxylic acids is 1. The van der Waals surface area contributed by atoms with Gasteiger partial charge in [-0.15, -0.1) is 0 Å². The third kappa shape index (κ3) is 3.42. The van der Waals surface area contributed by atoms with E-state index in [1.165, 1.54) is 25.3 Å². The number of halogens is 1. The molecule has 0 amide bonds. The number of carboxylic acids is 1. The number of hydrogen-bond donors (Lipinski definition) is 2. The Morgan fingerprint density at radius 1 is 1.62 bits per heavy atom.